The second kappa shape index (κ2) is 10.3. The number of rotatable bonds is 10. The fourth-order valence-electron chi connectivity index (χ4n) is 2.09. The Labute approximate surface area is 156 Å². The van der Waals surface area contributed by atoms with Crippen molar-refractivity contribution in [3.8, 4) is 0 Å². The lowest BCUT2D eigenvalue weighted by Crippen LogP contribution is -2.28. The van der Waals surface area contributed by atoms with Crippen LogP contribution in [-0.2, 0) is 22.4 Å². The van der Waals surface area contributed by atoms with Crippen LogP contribution >= 0.6 is 23.1 Å². The van der Waals surface area contributed by atoms with Crippen molar-refractivity contribution in [3.05, 3.63) is 46.5 Å². The van der Waals surface area contributed by atoms with Crippen molar-refractivity contribution in [2.75, 3.05) is 26.0 Å². The number of ketones is 1. The Bertz CT molecular complexity index is 699. The summed E-state index contributed by atoms with van der Waals surface area (Å²) in [6, 6.07) is 7.72. The van der Waals surface area contributed by atoms with Gasteiger partial charge in [0, 0.05) is 24.6 Å². The number of hydrogen-bond acceptors (Lipinski definition) is 6. The molecule has 134 valence electrons. The zero-order chi connectivity index (χ0) is 18.1. The number of nitrogens with zero attached hydrogens (tertiary/aromatic N) is 1. The minimum atomic E-state index is -0.0778. The molecule has 7 heteroatoms. The molecule has 0 unspecified atom stereocenters. The first-order valence-corrected chi connectivity index (χ1v) is 9.94. The molecule has 0 aliphatic heterocycles. The molecule has 0 aliphatic rings. The normalized spacial score (nSPS) is 10.6. The van der Waals surface area contributed by atoms with Gasteiger partial charge < -0.3 is 10.1 Å². The lowest BCUT2D eigenvalue weighted by Gasteiger charge is -2.02. The Hall–Kier alpha value is -1.70. The van der Waals surface area contributed by atoms with E-state index in [1.54, 1.807) is 7.11 Å². The minimum Gasteiger partial charge on any atom is -0.383 e. The summed E-state index contributed by atoms with van der Waals surface area (Å²) in [6.07, 6.45) is 1.21. The summed E-state index contributed by atoms with van der Waals surface area (Å²) >= 11 is 2.87. The summed E-state index contributed by atoms with van der Waals surface area (Å²) in [5.41, 5.74) is 2.67. The first-order chi connectivity index (χ1) is 12.1. The molecular formula is C18H22N2O3S2. The number of Topliss-reactive ketones (excluding diaryl/α,β-unsaturated/α-hetero) is 1. The van der Waals surface area contributed by atoms with Crippen LogP contribution in [0.2, 0.25) is 0 Å². The Kier molecular flexibility index (Phi) is 8.11. The van der Waals surface area contributed by atoms with E-state index in [4.69, 9.17) is 4.74 Å². The molecule has 0 spiro atoms. The van der Waals surface area contributed by atoms with Gasteiger partial charge in [-0.25, -0.2) is 4.98 Å². The predicted molar refractivity (Wildman–Crippen MR) is 102 cm³/mol. The van der Waals surface area contributed by atoms with Crippen LogP contribution in [0.4, 0.5) is 0 Å². The second-order valence-electron chi connectivity index (χ2n) is 5.39. The average Bonchev–Trinajstić information content (AvgIpc) is 3.07. The van der Waals surface area contributed by atoms with Crippen LogP contribution in [0.5, 0.6) is 0 Å². The molecule has 1 heterocycles. The van der Waals surface area contributed by atoms with Gasteiger partial charge in [0.1, 0.15) is 0 Å². The van der Waals surface area contributed by atoms with Gasteiger partial charge in [0.25, 0.3) is 0 Å². The second-order valence-corrected chi connectivity index (χ2v) is 7.47. The number of thioether (sulfide) groups is 1. The van der Waals surface area contributed by atoms with E-state index in [2.05, 4.69) is 17.2 Å². The van der Waals surface area contributed by atoms with Gasteiger partial charge in [-0.1, -0.05) is 43.0 Å². The number of nitrogens with one attached hydrogen (secondary N) is 1. The average molecular weight is 379 g/mol. The number of carbonyl (C=O) groups excluding carboxylic acids is 2. The largest absolute Gasteiger partial charge is 0.383 e. The van der Waals surface area contributed by atoms with Gasteiger partial charge in [-0.3, -0.25) is 9.59 Å². The zero-order valence-electron chi connectivity index (χ0n) is 14.4. The Balaban J connectivity index is 1.80. The van der Waals surface area contributed by atoms with E-state index < -0.39 is 0 Å². The molecule has 0 bridgehead atoms. The third kappa shape index (κ3) is 6.61. The Morgan fingerprint density at radius 2 is 2.04 bits per heavy atom. The van der Waals surface area contributed by atoms with Crippen molar-refractivity contribution >= 4 is 34.8 Å². The molecule has 25 heavy (non-hydrogen) atoms. The van der Waals surface area contributed by atoms with E-state index in [9.17, 15) is 9.59 Å². The molecule has 0 saturated carbocycles. The quantitative estimate of drug-likeness (QED) is 0.391. The zero-order valence-corrected chi connectivity index (χ0v) is 16.0. The molecule has 0 aliphatic carbocycles. The topological polar surface area (TPSA) is 68.3 Å². The number of ether oxygens (including phenoxy) is 1. The van der Waals surface area contributed by atoms with Gasteiger partial charge in [-0.2, -0.15) is 0 Å². The van der Waals surface area contributed by atoms with Crippen molar-refractivity contribution in [3.63, 3.8) is 0 Å². The highest BCUT2D eigenvalue weighted by atomic mass is 32.2. The molecule has 5 nitrogen and oxygen atoms in total. The smallest absolute Gasteiger partial charge is 0.226 e. The van der Waals surface area contributed by atoms with E-state index in [-0.39, 0.29) is 18.1 Å². The van der Waals surface area contributed by atoms with Crippen molar-refractivity contribution in [1.29, 1.82) is 0 Å². The van der Waals surface area contributed by atoms with E-state index in [0.29, 0.717) is 18.9 Å². The molecule has 1 N–H and O–H groups in total. The maximum absolute atomic E-state index is 12.2. The molecule has 0 fully saturated rings. The van der Waals surface area contributed by atoms with Gasteiger partial charge >= 0.3 is 0 Å². The van der Waals surface area contributed by atoms with Crippen LogP contribution in [0.25, 0.3) is 0 Å². The van der Waals surface area contributed by atoms with Gasteiger partial charge in [0.2, 0.25) is 5.91 Å². The van der Waals surface area contributed by atoms with E-state index in [1.165, 1.54) is 28.7 Å². The van der Waals surface area contributed by atoms with Gasteiger partial charge in [-0.05, 0) is 12.0 Å². The van der Waals surface area contributed by atoms with Gasteiger partial charge in [0.05, 0.1) is 24.5 Å². The Morgan fingerprint density at radius 1 is 1.28 bits per heavy atom. The minimum absolute atomic E-state index is 0.0778. The van der Waals surface area contributed by atoms with E-state index in [1.807, 2.05) is 29.6 Å². The molecule has 0 radical (unpaired) electrons. The van der Waals surface area contributed by atoms with Crippen molar-refractivity contribution in [1.82, 2.24) is 10.3 Å². The lowest BCUT2D eigenvalue weighted by molar-refractivity contribution is -0.120. The fraction of sp³-hybridized carbons (Fsp3) is 0.389. The third-order valence-corrected chi connectivity index (χ3v) is 5.58. The third-order valence-electron chi connectivity index (χ3n) is 3.51. The summed E-state index contributed by atoms with van der Waals surface area (Å²) in [7, 11) is 1.59. The van der Waals surface area contributed by atoms with Crippen molar-refractivity contribution in [2.45, 2.75) is 24.1 Å². The molecular weight excluding hydrogens is 356 g/mol. The molecule has 1 aromatic heterocycles. The van der Waals surface area contributed by atoms with Gasteiger partial charge in [-0.15, -0.1) is 11.3 Å². The van der Waals surface area contributed by atoms with Crippen molar-refractivity contribution < 1.29 is 14.3 Å². The standard InChI is InChI=1S/C18H22N2O3S2/c1-3-13-4-6-14(7-5-13)16(21)12-25-18-20-15(11-24-18)10-17(22)19-8-9-23-2/h4-7,11H,3,8-10,12H2,1-2H3,(H,19,22). The van der Waals surface area contributed by atoms with Crippen LogP contribution in [-0.4, -0.2) is 42.7 Å². The highest BCUT2D eigenvalue weighted by molar-refractivity contribution is 8.01. The first-order valence-electron chi connectivity index (χ1n) is 8.07. The molecule has 1 amide bonds. The van der Waals surface area contributed by atoms with Gasteiger partial charge in [0.15, 0.2) is 10.1 Å². The predicted octanol–water partition coefficient (Wildman–Crippen LogP) is 2.99. The maximum Gasteiger partial charge on any atom is 0.226 e. The number of aryl methyl sites for hydroxylation is 1. The first kappa shape index (κ1) is 19.6. The number of benzene rings is 1. The monoisotopic (exact) mass is 378 g/mol. The summed E-state index contributed by atoms with van der Waals surface area (Å²) in [5, 5.41) is 4.62. The molecule has 2 aromatic rings. The van der Waals surface area contributed by atoms with Crippen molar-refractivity contribution in [2.24, 2.45) is 0 Å². The van der Waals surface area contributed by atoms with E-state index >= 15 is 0 Å². The highest BCUT2D eigenvalue weighted by Gasteiger charge is 2.11. The van der Waals surface area contributed by atoms with Crippen LogP contribution in [0.1, 0.15) is 28.5 Å². The number of amides is 1. The molecule has 1 aromatic carbocycles. The number of aromatic nitrogens is 1. The maximum atomic E-state index is 12.2. The van der Waals surface area contributed by atoms with E-state index in [0.717, 1.165) is 22.0 Å². The van der Waals surface area contributed by atoms with Crippen LogP contribution in [0, 0.1) is 0 Å². The molecule has 0 atom stereocenters. The lowest BCUT2D eigenvalue weighted by atomic mass is 10.1. The molecule has 0 saturated heterocycles. The van der Waals surface area contributed by atoms with Crippen LogP contribution in [0.3, 0.4) is 0 Å². The summed E-state index contributed by atoms with van der Waals surface area (Å²) in [6.45, 7) is 3.07. The summed E-state index contributed by atoms with van der Waals surface area (Å²) < 4.78 is 5.69. The van der Waals surface area contributed by atoms with Crippen LogP contribution in [0.15, 0.2) is 34.0 Å². The van der Waals surface area contributed by atoms with Crippen LogP contribution < -0.4 is 5.32 Å². The summed E-state index contributed by atoms with van der Waals surface area (Å²) in [5.74, 6) is 0.353. The molecule has 2 rings (SSSR count). The highest BCUT2D eigenvalue weighted by Crippen LogP contribution is 2.24. The number of methoxy groups -OCH3 is 1. The Morgan fingerprint density at radius 3 is 2.72 bits per heavy atom. The number of hydrogen-bond donors (Lipinski definition) is 1. The fourth-order valence-corrected chi connectivity index (χ4v) is 3.83. The SMILES string of the molecule is CCc1ccc(C(=O)CSc2nc(CC(=O)NCCOC)cs2)cc1. The summed E-state index contributed by atoms with van der Waals surface area (Å²) in [4.78, 5) is 28.4. The number of carbonyl (C=O) groups is 2. The number of thiazole rings is 1.